The standard InChI is InChI=1S/C13H14N4O2/c1-17-6-8-7(3-5-10(17)18)2-4-9-11(8)12(13(14)19)16-15-9/h2,4H,3,5-6H2,1H3,(H2,14,19)(H,15,16). The molecule has 0 saturated heterocycles. The molecular weight excluding hydrogens is 244 g/mol. The average molecular weight is 258 g/mol. The van der Waals surface area contributed by atoms with Gasteiger partial charge in [-0.3, -0.25) is 14.7 Å². The molecule has 1 aliphatic heterocycles. The van der Waals surface area contributed by atoms with E-state index in [2.05, 4.69) is 10.2 Å². The summed E-state index contributed by atoms with van der Waals surface area (Å²) >= 11 is 0. The van der Waals surface area contributed by atoms with Crippen molar-refractivity contribution in [2.45, 2.75) is 19.4 Å². The van der Waals surface area contributed by atoms with Gasteiger partial charge < -0.3 is 10.6 Å². The minimum atomic E-state index is -0.558. The maximum absolute atomic E-state index is 11.8. The smallest absolute Gasteiger partial charge is 0.269 e. The van der Waals surface area contributed by atoms with E-state index in [1.165, 1.54) is 0 Å². The molecule has 2 heterocycles. The molecule has 2 amide bonds. The van der Waals surface area contributed by atoms with E-state index in [-0.39, 0.29) is 11.6 Å². The first-order chi connectivity index (χ1) is 9.08. The first-order valence-corrected chi connectivity index (χ1v) is 6.10. The van der Waals surface area contributed by atoms with Crippen LogP contribution in [0.5, 0.6) is 0 Å². The molecule has 6 heteroatoms. The van der Waals surface area contributed by atoms with Crippen molar-refractivity contribution in [2.24, 2.45) is 5.73 Å². The van der Waals surface area contributed by atoms with Crippen LogP contribution >= 0.6 is 0 Å². The normalized spacial score (nSPS) is 15.4. The minimum Gasteiger partial charge on any atom is -0.364 e. The molecule has 1 aromatic carbocycles. The summed E-state index contributed by atoms with van der Waals surface area (Å²) in [6.45, 7) is 0.478. The highest BCUT2D eigenvalue weighted by Gasteiger charge is 2.23. The van der Waals surface area contributed by atoms with Crippen molar-refractivity contribution in [3.8, 4) is 0 Å². The molecule has 0 bridgehead atoms. The number of amides is 2. The van der Waals surface area contributed by atoms with Gasteiger partial charge in [-0.15, -0.1) is 0 Å². The lowest BCUT2D eigenvalue weighted by Crippen LogP contribution is -2.24. The molecule has 0 atom stereocenters. The molecular formula is C13H14N4O2. The Kier molecular flexibility index (Phi) is 2.51. The van der Waals surface area contributed by atoms with Gasteiger partial charge in [0.05, 0.1) is 5.52 Å². The lowest BCUT2D eigenvalue weighted by Gasteiger charge is -2.15. The highest BCUT2D eigenvalue weighted by Crippen LogP contribution is 2.28. The van der Waals surface area contributed by atoms with Crippen LogP contribution < -0.4 is 5.73 Å². The molecule has 2 aromatic rings. The molecule has 0 spiro atoms. The molecule has 1 aliphatic rings. The third kappa shape index (κ3) is 1.76. The lowest BCUT2D eigenvalue weighted by molar-refractivity contribution is -0.130. The quantitative estimate of drug-likeness (QED) is 0.783. The van der Waals surface area contributed by atoms with E-state index < -0.39 is 5.91 Å². The zero-order chi connectivity index (χ0) is 13.6. The van der Waals surface area contributed by atoms with Gasteiger partial charge in [-0.1, -0.05) is 6.07 Å². The zero-order valence-electron chi connectivity index (χ0n) is 10.6. The van der Waals surface area contributed by atoms with Crippen LogP contribution in [-0.2, 0) is 17.8 Å². The maximum atomic E-state index is 11.8. The van der Waals surface area contributed by atoms with Crippen molar-refractivity contribution >= 4 is 22.7 Å². The van der Waals surface area contributed by atoms with Crippen LogP contribution in [0.2, 0.25) is 0 Å². The average Bonchev–Trinajstić information content (AvgIpc) is 2.75. The van der Waals surface area contributed by atoms with E-state index in [1.807, 2.05) is 12.1 Å². The van der Waals surface area contributed by atoms with Crippen LogP contribution in [-0.4, -0.2) is 34.0 Å². The number of nitrogens with one attached hydrogen (secondary N) is 1. The molecule has 1 aromatic heterocycles. The minimum absolute atomic E-state index is 0.105. The van der Waals surface area contributed by atoms with Gasteiger partial charge in [0.1, 0.15) is 0 Å². The van der Waals surface area contributed by atoms with Gasteiger partial charge in [-0.25, -0.2) is 0 Å². The molecule has 0 aliphatic carbocycles. The molecule has 6 nitrogen and oxygen atoms in total. The van der Waals surface area contributed by atoms with Gasteiger partial charge in [-0.05, 0) is 23.6 Å². The number of nitrogens with zero attached hydrogens (tertiary/aromatic N) is 2. The van der Waals surface area contributed by atoms with Crippen molar-refractivity contribution < 1.29 is 9.59 Å². The Hall–Kier alpha value is -2.37. The van der Waals surface area contributed by atoms with Crippen molar-refractivity contribution in [3.05, 3.63) is 29.0 Å². The number of carbonyl (C=O) groups excluding carboxylic acids is 2. The van der Waals surface area contributed by atoms with Crippen LogP contribution in [0.15, 0.2) is 12.1 Å². The number of aromatic amines is 1. The number of aryl methyl sites for hydroxylation is 1. The second-order valence-corrected chi connectivity index (χ2v) is 4.81. The zero-order valence-corrected chi connectivity index (χ0v) is 10.6. The fourth-order valence-corrected chi connectivity index (χ4v) is 2.58. The SMILES string of the molecule is CN1Cc2c(ccc3[nH]nc(C(N)=O)c23)CCC1=O. The van der Waals surface area contributed by atoms with Gasteiger partial charge in [0.25, 0.3) is 5.91 Å². The van der Waals surface area contributed by atoms with Crippen molar-refractivity contribution in [1.29, 1.82) is 0 Å². The second-order valence-electron chi connectivity index (χ2n) is 4.81. The summed E-state index contributed by atoms with van der Waals surface area (Å²) in [7, 11) is 1.76. The molecule has 3 rings (SSSR count). The summed E-state index contributed by atoms with van der Waals surface area (Å²) in [6.07, 6.45) is 1.16. The third-order valence-corrected chi connectivity index (χ3v) is 3.60. The van der Waals surface area contributed by atoms with E-state index in [0.717, 1.165) is 22.0 Å². The van der Waals surface area contributed by atoms with Crippen LogP contribution in [0.3, 0.4) is 0 Å². The molecule has 0 unspecified atom stereocenters. The first-order valence-electron chi connectivity index (χ1n) is 6.10. The Balaban J connectivity index is 2.27. The number of hydrogen-bond acceptors (Lipinski definition) is 3. The maximum Gasteiger partial charge on any atom is 0.269 e. The summed E-state index contributed by atoms with van der Waals surface area (Å²) in [5.41, 5.74) is 8.42. The number of nitrogens with two attached hydrogens (primary N) is 1. The number of rotatable bonds is 1. The number of fused-ring (bicyclic) bond motifs is 3. The summed E-state index contributed by atoms with van der Waals surface area (Å²) in [5.74, 6) is -0.452. The van der Waals surface area contributed by atoms with Crippen LogP contribution in [0.25, 0.3) is 10.9 Å². The van der Waals surface area contributed by atoms with Crippen LogP contribution in [0, 0.1) is 0 Å². The largest absolute Gasteiger partial charge is 0.364 e. The highest BCUT2D eigenvalue weighted by atomic mass is 16.2. The van der Waals surface area contributed by atoms with Gasteiger partial charge in [0.2, 0.25) is 5.91 Å². The predicted molar refractivity (Wildman–Crippen MR) is 69.4 cm³/mol. The van der Waals surface area contributed by atoms with Gasteiger partial charge >= 0.3 is 0 Å². The fraction of sp³-hybridized carbons (Fsp3) is 0.308. The number of hydrogen-bond donors (Lipinski definition) is 2. The summed E-state index contributed by atoms with van der Waals surface area (Å²) in [6, 6.07) is 3.86. The monoisotopic (exact) mass is 258 g/mol. The van der Waals surface area contributed by atoms with Crippen LogP contribution in [0.1, 0.15) is 28.0 Å². The number of carbonyl (C=O) groups is 2. The van der Waals surface area contributed by atoms with Gasteiger partial charge in [0.15, 0.2) is 5.69 Å². The summed E-state index contributed by atoms with van der Waals surface area (Å²) in [4.78, 5) is 24.9. The number of primary amides is 1. The molecule has 0 fully saturated rings. The lowest BCUT2D eigenvalue weighted by atomic mass is 9.98. The van der Waals surface area contributed by atoms with E-state index in [9.17, 15) is 9.59 Å². The summed E-state index contributed by atoms with van der Waals surface area (Å²) in [5, 5.41) is 7.53. The number of H-pyrrole nitrogens is 1. The molecule has 0 radical (unpaired) electrons. The Labute approximate surface area is 109 Å². The van der Waals surface area contributed by atoms with Crippen molar-refractivity contribution in [2.75, 3.05) is 7.05 Å². The van der Waals surface area contributed by atoms with E-state index in [0.29, 0.717) is 19.4 Å². The van der Waals surface area contributed by atoms with Gasteiger partial charge in [-0.2, -0.15) is 5.10 Å². The third-order valence-electron chi connectivity index (χ3n) is 3.60. The Morgan fingerprint density at radius 3 is 2.95 bits per heavy atom. The van der Waals surface area contributed by atoms with Gasteiger partial charge in [0, 0.05) is 25.4 Å². The molecule has 0 saturated carbocycles. The van der Waals surface area contributed by atoms with E-state index >= 15 is 0 Å². The van der Waals surface area contributed by atoms with Crippen LogP contribution in [0.4, 0.5) is 0 Å². The molecule has 98 valence electrons. The number of aromatic nitrogens is 2. The highest BCUT2D eigenvalue weighted by molar-refractivity contribution is 6.05. The second kappa shape index (κ2) is 4.08. The first kappa shape index (κ1) is 11.7. The Morgan fingerprint density at radius 2 is 2.21 bits per heavy atom. The topological polar surface area (TPSA) is 92.1 Å². The summed E-state index contributed by atoms with van der Waals surface area (Å²) < 4.78 is 0. The fourth-order valence-electron chi connectivity index (χ4n) is 2.58. The molecule has 19 heavy (non-hydrogen) atoms. The van der Waals surface area contributed by atoms with E-state index in [4.69, 9.17) is 5.73 Å². The molecule has 3 N–H and O–H groups in total. The predicted octanol–water partition coefficient (Wildman–Crippen LogP) is 0.566. The number of benzene rings is 1. The van der Waals surface area contributed by atoms with E-state index in [1.54, 1.807) is 11.9 Å². The Bertz CT molecular complexity index is 689. The van der Waals surface area contributed by atoms with Crippen molar-refractivity contribution in [1.82, 2.24) is 15.1 Å². The Morgan fingerprint density at radius 1 is 1.42 bits per heavy atom. The van der Waals surface area contributed by atoms with Crippen molar-refractivity contribution in [3.63, 3.8) is 0 Å².